The lowest BCUT2D eigenvalue weighted by molar-refractivity contribution is -0.123. The van der Waals surface area contributed by atoms with Gasteiger partial charge in [-0.05, 0) is 53.9 Å². The summed E-state index contributed by atoms with van der Waals surface area (Å²) in [5, 5.41) is 7.44. The molecule has 198 valence electrons. The number of nitrogens with zero attached hydrogens (tertiary/aromatic N) is 1. The van der Waals surface area contributed by atoms with Gasteiger partial charge in [-0.25, -0.2) is 5.43 Å². The lowest BCUT2D eigenvalue weighted by Gasteiger charge is -2.20. The maximum Gasteiger partial charge on any atom is 0.262 e. The highest BCUT2D eigenvalue weighted by Crippen LogP contribution is 2.32. The predicted molar refractivity (Wildman–Crippen MR) is 143 cm³/mol. The van der Waals surface area contributed by atoms with Crippen LogP contribution in [0.2, 0.25) is 5.02 Å². The minimum atomic E-state index is -0.805. The van der Waals surface area contributed by atoms with Crippen LogP contribution in [0.1, 0.15) is 35.3 Å². The molecule has 3 aromatic rings. The van der Waals surface area contributed by atoms with E-state index in [1.807, 2.05) is 32.0 Å². The number of halogens is 1. The quantitative estimate of drug-likeness (QED) is 0.290. The van der Waals surface area contributed by atoms with E-state index in [1.54, 1.807) is 42.5 Å². The zero-order valence-electron chi connectivity index (χ0n) is 21.2. The van der Waals surface area contributed by atoms with Gasteiger partial charge in [-0.1, -0.05) is 43.6 Å². The fourth-order valence-electron chi connectivity index (χ4n) is 3.69. The maximum absolute atomic E-state index is 12.8. The van der Waals surface area contributed by atoms with Crippen LogP contribution in [0, 0.1) is 5.92 Å². The second kappa shape index (κ2) is 12.3. The first-order chi connectivity index (χ1) is 18.4. The zero-order valence-corrected chi connectivity index (χ0v) is 22.0. The van der Waals surface area contributed by atoms with Crippen molar-refractivity contribution in [1.29, 1.82) is 0 Å². The van der Waals surface area contributed by atoms with Crippen LogP contribution in [0.25, 0.3) is 0 Å². The Bertz CT molecular complexity index is 1340. The van der Waals surface area contributed by atoms with E-state index in [0.29, 0.717) is 39.1 Å². The van der Waals surface area contributed by atoms with Crippen molar-refractivity contribution in [3.63, 3.8) is 0 Å². The van der Waals surface area contributed by atoms with Crippen LogP contribution >= 0.6 is 11.6 Å². The Morgan fingerprint density at radius 2 is 1.84 bits per heavy atom. The number of carbonyl (C=O) groups excluding carboxylic acids is 2. The Kier molecular flexibility index (Phi) is 8.70. The molecule has 0 radical (unpaired) electrons. The molecule has 0 spiro atoms. The van der Waals surface area contributed by atoms with Gasteiger partial charge in [-0.15, -0.1) is 0 Å². The first kappa shape index (κ1) is 26.8. The van der Waals surface area contributed by atoms with Crippen molar-refractivity contribution in [2.45, 2.75) is 26.5 Å². The maximum atomic E-state index is 12.8. The standard InChI is InChI=1S/C28H28ClN3O6/c1-17(2)26(31-27(33)19-9-11-23-25(13-19)38-16-37-23)28(34)32-30-14-18-8-10-22(24(12-18)35-3)36-15-20-6-4-5-7-21(20)29/h4-14,17,26H,15-16H2,1-3H3,(H,31,33)(H,32,34)/b30-14+. The van der Waals surface area contributed by atoms with Crippen molar-refractivity contribution in [1.82, 2.24) is 10.7 Å². The second-order valence-electron chi connectivity index (χ2n) is 8.79. The fraction of sp³-hybridized carbons (Fsp3) is 0.250. The summed E-state index contributed by atoms with van der Waals surface area (Å²) in [7, 11) is 1.54. The van der Waals surface area contributed by atoms with Crippen LogP contribution in [0.15, 0.2) is 65.8 Å². The summed E-state index contributed by atoms with van der Waals surface area (Å²) in [6, 6.07) is 16.8. The Morgan fingerprint density at radius 3 is 2.61 bits per heavy atom. The van der Waals surface area contributed by atoms with Gasteiger partial charge >= 0.3 is 0 Å². The molecule has 2 N–H and O–H groups in total. The Labute approximate surface area is 225 Å². The number of nitrogens with one attached hydrogen (secondary N) is 2. The average Bonchev–Trinajstić information content (AvgIpc) is 3.39. The summed E-state index contributed by atoms with van der Waals surface area (Å²) < 4.78 is 21.9. The highest BCUT2D eigenvalue weighted by Gasteiger charge is 2.25. The number of amides is 2. The smallest absolute Gasteiger partial charge is 0.262 e. The molecule has 0 saturated carbocycles. The van der Waals surface area contributed by atoms with Crippen molar-refractivity contribution in [2.24, 2.45) is 11.0 Å². The topological polar surface area (TPSA) is 107 Å². The highest BCUT2D eigenvalue weighted by molar-refractivity contribution is 6.31. The molecule has 2 amide bonds. The van der Waals surface area contributed by atoms with Crippen molar-refractivity contribution in [3.05, 3.63) is 82.4 Å². The number of hydrogen-bond acceptors (Lipinski definition) is 7. The van der Waals surface area contributed by atoms with E-state index in [2.05, 4.69) is 15.8 Å². The summed E-state index contributed by atoms with van der Waals surface area (Å²) in [5.41, 5.74) is 4.40. The summed E-state index contributed by atoms with van der Waals surface area (Å²) in [6.07, 6.45) is 1.48. The van der Waals surface area contributed by atoms with Gasteiger partial charge in [-0.2, -0.15) is 5.10 Å². The number of hydrogen-bond donors (Lipinski definition) is 2. The van der Waals surface area contributed by atoms with Gasteiger partial charge in [-0.3, -0.25) is 9.59 Å². The first-order valence-corrected chi connectivity index (χ1v) is 12.3. The SMILES string of the molecule is COc1cc(/C=N/NC(=O)C(NC(=O)c2ccc3c(c2)OCO3)C(C)C)ccc1OCc1ccccc1Cl. The van der Waals surface area contributed by atoms with Crippen LogP contribution in [0.5, 0.6) is 23.0 Å². The molecular weight excluding hydrogens is 510 g/mol. The molecule has 10 heteroatoms. The molecular formula is C28H28ClN3O6. The van der Waals surface area contributed by atoms with Crippen LogP contribution in [0.3, 0.4) is 0 Å². The molecule has 3 aromatic carbocycles. The minimum absolute atomic E-state index is 0.111. The number of hydrazone groups is 1. The molecule has 0 aliphatic carbocycles. The summed E-state index contributed by atoms with van der Waals surface area (Å²) in [4.78, 5) is 25.6. The largest absolute Gasteiger partial charge is 0.493 e. The van der Waals surface area contributed by atoms with E-state index in [9.17, 15) is 9.59 Å². The summed E-state index contributed by atoms with van der Waals surface area (Å²) in [6.45, 7) is 4.06. The van der Waals surface area contributed by atoms with E-state index in [0.717, 1.165) is 5.56 Å². The first-order valence-electron chi connectivity index (χ1n) is 11.9. The van der Waals surface area contributed by atoms with E-state index in [-0.39, 0.29) is 19.3 Å². The Balaban J connectivity index is 1.36. The van der Waals surface area contributed by atoms with Gasteiger partial charge in [0.25, 0.3) is 11.8 Å². The van der Waals surface area contributed by atoms with E-state index in [4.69, 9.17) is 30.5 Å². The van der Waals surface area contributed by atoms with Crippen molar-refractivity contribution in [2.75, 3.05) is 13.9 Å². The van der Waals surface area contributed by atoms with Gasteiger partial charge in [0.05, 0.1) is 13.3 Å². The van der Waals surface area contributed by atoms with Crippen molar-refractivity contribution < 1.29 is 28.5 Å². The minimum Gasteiger partial charge on any atom is -0.493 e. The monoisotopic (exact) mass is 537 g/mol. The molecule has 1 aliphatic rings. The number of ether oxygens (including phenoxy) is 4. The molecule has 9 nitrogen and oxygen atoms in total. The third-order valence-corrected chi connectivity index (χ3v) is 6.16. The number of fused-ring (bicyclic) bond motifs is 1. The molecule has 38 heavy (non-hydrogen) atoms. The molecule has 0 saturated heterocycles. The van der Waals surface area contributed by atoms with Crippen LogP contribution in [0.4, 0.5) is 0 Å². The predicted octanol–water partition coefficient (Wildman–Crippen LogP) is 4.56. The Morgan fingerprint density at radius 1 is 1.05 bits per heavy atom. The summed E-state index contributed by atoms with van der Waals surface area (Å²) >= 11 is 6.20. The van der Waals surface area contributed by atoms with Crippen LogP contribution in [-0.2, 0) is 11.4 Å². The average molecular weight is 538 g/mol. The molecule has 1 heterocycles. The zero-order chi connectivity index (χ0) is 27.1. The van der Waals surface area contributed by atoms with Gasteiger partial charge in [0.15, 0.2) is 23.0 Å². The molecule has 1 atom stereocenters. The van der Waals surface area contributed by atoms with E-state index < -0.39 is 17.9 Å². The number of rotatable bonds is 10. The van der Waals surface area contributed by atoms with E-state index in [1.165, 1.54) is 13.3 Å². The van der Waals surface area contributed by atoms with Gasteiger partial charge < -0.3 is 24.3 Å². The van der Waals surface area contributed by atoms with Gasteiger partial charge in [0, 0.05) is 16.1 Å². The third-order valence-electron chi connectivity index (χ3n) is 5.79. The van der Waals surface area contributed by atoms with Gasteiger partial charge in [0.1, 0.15) is 12.6 Å². The number of methoxy groups -OCH3 is 1. The lowest BCUT2D eigenvalue weighted by Crippen LogP contribution is -2.48. The second-order valence-corrected chi connectivity index (χ2v) is 9.20. The van der Waals surface area contributed by atoms with Crippen molar-refractivity contribution >= 4 is 29.6 Å². The normalized spacial score (nSPS) is 12.9. The molecule has 0 aromatic heterocycles. The lowest BCUT2D eigenvalue weighted by atomic mass is 10.0. The fourth-order valence-corrected chi connectivity index (χ4v) is 3.88. The molecule has 1 aliphatic heterocycles. The van der Waals surface area contributed by atoms with Crippen molar-refractivity contribution in [3.8, 4) is 23.0 Å². The summed E-state index contributed by atoms with van der Waals surface area (Å²) in [5.74, 6) is 1.07. The molecule has 4 rings (SSSR count). The van der Waals surface area contributed by atoms with Crippen LogP contribution < -0.4 is 29.7 Å². The number of carbonyl (C=O) groups is 2. The van der Waals surface area contributed by atoms with Crippen LogP contribution in [-0.4, -0.2) is 38.0 Å². The molecule has 1 unspecified atom stereocenters. The highest BCUT2D eigenvalue weighted by atomic mass is 35.5. The number of benzene rings is 3. The third kappa shape index (κ3) is 6.54. The van der Waals surface area contributed by atoms with Gasteiger partial charge in [0.2, 0.25) is 6.79 Å². The Hall–Kier alpha value is -4.24. The van der Waals surface area contributed by atoms with E-state index >= 15 is 0 Å². The molecule has 0 bridgehead atoms. The molecule has 0 fully saturated rings.